The predicted molar refractivity (Wildman–Crippen MR) is 137 cm³/mol. The molecule has 37 heavy (non-hydrogen) atoms. The Balaban J connectivity index is 1.36. The normalized spacial score (nSPS) is 28.7. The molecule has 3 N–H and O–H groups in total. The molecule has 5 rings (SSSR count). The van der Waals surface area contributed by atoms with Crippen LogP contribution in [0.1, 0.15) is 74.9 Å². The van der Waals surface area contributed by atoms with Crippen molar-refractivity contribution in [3.63, 3.8) is 0 Å². The van der Waals surface area contributed by atoms with Crippen molar-refractivity contribution < 1.29 is 24.3 Å². The molecule has 1 fully saturated rings. The van der Waals surface area contributed by atoms with E-state index in [1.807, 2.05) is 36.4 Å². The van der Waals surface area contributed by atoms with Crippen molar-refractivity contribution in [2.24, 2.45) is 5.92 Å². The minimum absolute atomic E-state index is 0.155. The molecular formula is C29H35N3O5. The van der Waals surface area contributed by atoms with E-state index in [4.69, 9.17) is 9.26 Å². The Labute approximate surface area is 217 Å². The molecule has 3 aromatic rings. The van der Waals surface area contributed by atoms with Gasteiger partial charge in [-0.2, -0.15) is 4.98 Å². The summed E-state index contributed by atoms with van der Waals surface area (Å²) in [5.41, 5.74) is 0.450. The molecular weight excluding hydrogens is 470 g/mol. The lowest BCUT2D eigenvalue weighted by molar-refractivity contribution is -0.205. The van der Waals surface area contributed by atoms with Gasteiger partial charge < -0.3 is 24.8 Å². The molecule has 1 saturated carbocycles. The summed E-state index contributed by atoms with van der Waals surface area (Å²) in [6.07, 6.45) is 3.71. The molecule has 8 heteroatoms. The molecule has 0 radical (unpaired) electrons. The highest BCUT2D eigenvalue weighted by molar-refractivity contribution is 5.72. The molecule has 0 saturated heterocycles. The average molecular weight is 506 g/mol. The summed E-state index contributed by atoms with van der Waals surface area (Å²) >= 11 is 0. The Hall–Kier alpha value is -3.23. The number of nitrogens with zero attached hydrogens (tertiary/aromatic N) is 2. The van der Waals surface area contributed by atoms with Crippen LogP contribution in [0.2, 0.25) is 0 Å². The van der Waals surface area contributed by atoms with Crippen LogP contribution in [0.5, 0.6) is 5.75 Å². The lowest BCUT2D eigenvalue weighted by Gasteiger charge is -2.59. The third-order valence-electron chi connectivity index (χ3n) is 8.50. The SMILES string of the molecule is CC[C@@]12C[C@@](C)(O)[C@](O)(c3ccccc3)C[C@H]1CCc1cc(OCc3noc(CNC(C)=O)n3)ccc12. The van der Waals surface area contributed by atoms with Crippen molar-refractivity contribution in [2.75, 3.05) is 0 Å². The standard InChI is InChI=1S/C29H35N3O5/c1-4-28-18-27(3,34)29(35,21-8-6-5-7-9-21)15-22(28)11-10-20-14-23(12-13-24(20)28)36-17-25-31-26(37-32-25)16-30-19(2)33/h5-9,12-14,22,34-35H,4,10-11,15-18H2,1-3H3,(H,30,33)/t22-,27-,28-,29-/m1/s1. The van der Waals surface area contributed by atoms with Gasteiger partial charge in [0, 0.05) is 12.3 Å². The van der Waals surface area contributed by atoms with E-state index < -0.39 is 11.2 Å². The van der Waals surface area contributed by atoms with E-state index in [1.165, 1.54) is 18.1 Å². The number of carbonyl (C=O) groups is 1. The maximum absolute atomic E-state index is 11.8. The number of rotatable bonds is 7. The average Bonchev–Trinajstić information content (AvgIpc) is 3.35. The highest BCUT2D eigenvalue weighted by Crippen LogP contribution is 2.60. The van der Waals surface area contributed by atoms with Gasteiger partial charge in [-0.1, -0.05) is 48.5 Å². The highest BCUT2D eigenvalue weighted by atomic mass is 16.5. The third-order valence-corrected chi connectivity index (χ3v) is 8.50. The second kappa shape index (κ2) is 9.58. The zero-order valence-corrected chi connectivity index (χ0v) is 21.7. The number of nitrogens with one attached hydrogen (secondary N) is 1. The van der Waals surface area contributed by atoms with E-state index >= 15 is 0 Å². The van der Waals surface area contributed by atoms with Gasteiger partial charge in [-0.05, 0) is 73.8 Å². The van der Waals surface area contributed by atoms with Gasteiger partial charge in [0.25, 0.3) is 0 Å². The second-order valence-corrected chi connectivity index (χ2v) is 10.7. The van der Waals surface area contributed by atoms with Crippen LogP contribution in [-0.2, 0) is 35.4 Å². The molecule has 2 aliphatic carbocycles. The summed E-state index contributed by atoms with van der Waals surface area (Å²) in [5.74, 6) is 1.55. The van der Waals surface area contributed by atoms with E-state index in [1.54, 1.807) is 6.92 Å². The maximum atomic E-state index is 11.8. The van der Waals surface area contributed by atoms with Gasteiger partial charge in [0.15, 0.2) is 6.61 Å². The number of aliphatic hydroxyl groups is 2. The van der Waals surface area contributed by atoms with Gasteiger partial charge in [-0.15, -0.1) is 0 Å². The van der Waals surface area contributed by atoms with E-state index in [9.17, 15) is 15.0 Å². The predicted octanol–water partition coefficient (Wildman–Crippen LogP) is 3.93. The number of hydrogen-bond acceptors (Lipinski definition) is 7. The maximum Gasteiger partial charge on any atom is 0.246 e. The summed E-state index contributed by atoms with van der Waals surface area (Å²) in [5, 5.41) is 30.1. The number of ether oxygens (including phenoxy) is 1. The van der Waals surface area contributed by atoms with Crippen LogP contribution in [-0.4, -0.2) is 31.9 Å². The minimum atomic E-state index is -1.29. The zero-order valence-electron chi connectivity index (χ0n) is 21.7. The first-order valence-electron chi connectivity index (χ1n) is 13.0. The first-order valence-corrected chi connectivity index (χ1v) is 13.0. The van der Waals surface area contributed by atoms with Gasteiger partial charge in [-0.25, -0.2) is 0 Å². The summed E-state index contributed by atoms with van der Waals surface area (Å²) in [4.78, 5) is 15.3. The third kappa shape index (κ3) is 4.53. The Morgan fingerprint density at radius 2 is 2.00 bits per heavy atom. The van der Waals surface area contributed by atoms with Crippen LogP contribution in [0, 0.1) is 5.92 Å². The van der Waals surface area contributed by atoms with Gasteiger partial charge in [-0.3, -0.25) is 4.79 Å². The monoisotopic (exact) mass is 505 g/mol. The Bertz CT molecular complexity index is 1270. The smallest absolute Gasteiger partial charge is 0.246 e. The molecule has 1 aromatic heterocycles. The molecule has 0 unspecified atom stereocenters. The van der Waals surface area contributed by atoms with Crippen LogP contribution in [0.15, 0.2) is 53.1 Å². The molecule has 196 valence electrons. The summed E-state index contributed by atoms with van der Waals surface area (Å²) < 4.78 is 11.1. The molecule has 4 atom stereocenters. The van der Waals surface area contributed by atoms with Crippen LogP contribution < -0.4 is 10.1 Å². The summed E-state index contributed by atoms with van der Waals surface area (Å²) in [7, 11) is 0. The number of hydrogen-bond donors (Lipinski definition) is 3. The molecule has 1 amide bonds. The number of carbonyl (C=O) groups excluding carboxylic acids is 1. The van der Waals surface area contributed by atoms with Gasteiger partial charge in [0.05, 0.1) is 12.1 Å². The Morgan fingerprint density at radius 3 is 2.73 bits per heavy atom. The Morgan fingerprint density at radius 1 is 1.22 bits per heavy atom. The number of benzene rings is 2. The highest BCUT2D eigenvalue weighted by Gasteiger charge is 2.60. The van der Waals surface area contributed by atoms with Crippen LogP contribution >= 0.6 is 0 Å². The van der Waals surface area contributed by atoms with Gasteiger partial charge in [0.2, 0.25) is 17.6 Å². The van der Waals surface area contributed by atoms with Crippen molar-refractivity contribution in [1.82, 2.24) is 15.5 Å². The fraction of sp³-hybridized carbons (Fsp3) is 0.483. The van der Waals surface area contributed by atoms with Gasteiger partial charge in [0.1, 0.15) is 11.4 Å². The molecule has 1 heterocycles. The number of fused-ring (bicyclic) bond motifs is 3. The van der Waals surface area contributed by atoms with Crippen LogP contribution in [0.3, 0.4) is 0 Å². The summed E-state index contributed by atoms with van der Waals surface area (Å²) in [6.45, 7) is 5.74. The number of amides is 1. The lowest BCUT2D eigenvalue weighted by Crippen LogP contribution is -2.62. The largest absolute Gasteiger partial charge is 0.485 e. The fourth-order valence-corrected chi connectivity index (χ4v) is 6.57. The first kappa shape index (κ1) is 25.4. The Kier molecular flexibility index (Phi) is 6.58. The molecule has 0 aliphatic heterocycles. The molecule has 0 bridgehead atoms. The van der Waals surface area contributed by atoms with Crippen molar-refractivity contribution in [3.05, 3.63) is 76.9 Å². The van der Waals surface area contributed by atoms with E-state index in [0.29, 0.717) is 24.6 Å². The van der Waals surface area contributed by atoms with Crippen LogP contribution in [0.25, 0.3) is 0 Å². The van der Waals surface area contributed by atoms with Crippen molar-refractivity contribution in [2.45, 2.75) is 82.6 Å². The lowest BCUT2D eigenvalue weighted by atomic mass is 9.49. The fourth-order valence-electron chi connectivity index (χ4n) is 6.57. The van der Waals surface area contributed by atoms with Crippen LogP contribution in [0.4, 0.5) is 0 Å². The van der Waals surface area contributed by atoms with Crippen molar-refractivity contribution in [3.8, 4) is 5.75 Å². The van der Waals surface area contributed by atoms with Gasteiger partial charge >= 0.3 is 0 Å². The minimum Gasteiger partial charge on any atom is -0.485 e. The van der Waals surface area contributed by atoms with E-state index in [0.717, 1.165) is 30.6 Å². The van der Waals surface area contributed by atoms with E-state index in [-0.39, 0.29) is 30.4 Å². The first-order chi connectivity index (χ1) is 17.7. The number of aryl methyl sites for hydroxylation is 1. The second-order valence-electron chi connectivity index (χ2n) is 10.7. The van der Waals surface area contributed by atoms with Crippen molar-refractivity contribution in [1.29, 1.82) is 0 Å². The zero-order chi connectivity index (χ0) is 26.3. The molecule has 2 aliphatic rings. The number of aromatic nitrogens is 2. The molecule has 8 nitrogen and oxygen atoms in total. The quantitative estimate of drug-likeness (QED) is 0.445. The molecule has 0 spiro atoms. The molecule has 2 aromatic carbocycles. The summed E-state index contributed by atoms with van der Waals surface area (Å²) in [6, 6.07) is 15.8. The topological polar surface area (TPSA) is 118 Å². The van der Waals surface area contributed by atoms with Crippen molar-refractivity contribution >= 4 is 5.91 Å². The van der Waals surface area contributed by atoms with E-state index in [2.05, 4.69) is 34.5 Å².